The number of ketones is 2. The smallest absolute Gasteiger partial charge is 0.193 e. The molecule has 0 saturated heterocycles. The molecule has 2 rings (SSSR count). The van der Waals surface area contributed by atoms with Gasteiger partial charge in [-0.15, -0.1) is 0 Å². The van der Waals surface area contributed by atoms with Crippen molar-refractivity contribution in [3.8, 4) is 11.5 Å². The second-order valence-corrected chi connectivity index (χ2v) is 6.91. The molecule has 27 heavy (non-hydrogen) atoms. The number of nitrogens with zero attached hydrogens (tertiary/aromatic N) is 1. The third kappa shape index (κ3) is 4.39. The van der Waals surface area contributed by atoms with Gasteiger partial charge in [-0.05, 0) is 63.6 Å². The van der Waals surface area contributed by atoms with E-state index >= 15 is 0 Å². The van der Waals surface area contributed by atoms with Crippen molar-refractivity contribution >= 4 is 11.6 Å². The molecule has 0 unspecified atom stereocenters. The van der Waals surface area contributed by atoms with Crippen LogP contribution >= 0.6 is 0 Å². The molecule has 1 aromatic carbocycles. The monoisotopic (exact) mass is 372 g/mol. The van der Waals surface area contributed by atoms with E-state index < -0.39 is 0 Å². The minimum Gasteiger partial charge on any atom is -0.493 e. The molecule has 0 aliphatic rings. The summed E-state index contributed by atoms with van der Waals surface area (Å²) in [6.45, 7) is 7.99. The van der Waals surface area contributed by atoms with Crippen molar-refractivity contribution in [2.45, 2.75) is 34.2 Å². The van der Waals surface area contributed by atoms with E-state index in [2.05, 4.69) is 4.98 Å². The second kappa shape index (κ2) is 8.39. The van der Waals surface area contributed by atoms with Crippen molar-refractivity contribution in [2.75, 3.05) is 27.8 Å². The Morgan fingerprint density at radius 2 is 1.67 bits per heavy atom. The van der Waals surface area contributed by atoms with Gasteiger partial charge in [-0.25, -0.2) is 0 Å². The van der Waals surface area contributed by atoms with Crippen molar-refractivity contribution in [1.29, 1.82) is 0 Å². The number of methoxy groups -OCH3 is 2. The standard InChI is InChI=1S/C21H28N2O4/c1-12-8-18(26-6)19(27-7)9-16(12)10-23(5)11-17(25)21-13(2)20(15(4)24)14(3)22-21/h8-9,22H,10-11H2,1-7H3. The van der Waals surface area contributed by atoms with Gasteiger partial charge in [0.2, 0.25) is 0 Å². The van der Waals surface area contributed by atoms with E-state index in [1.807, 2.05) is 44.9 Å². The van der Waals surface area contributed by atoms with E-state index in [9.17, 15) is 9.59 Å². The average Bonchev–Trinajstić information content (AvgIpc) is 2.90. The Morgan fingerprint density at radius 3 is 2.19 bits per heavy atom. The van der Waals surface area contributed by atoms with Crippen LogP contribution in [0.25, 0.3) is 0 Å². The van der Waals surface area contributed by atoms with Gasteiger partial charge < -0.3 is 14.5 Å². The molecule has 0 fully saturated rings. The van der Waals surface area contributed by atoms with Crippen LogP contribution in [0.2, 0.25) is 0 Å². The van der Waals surface area contributed by atoms with Crippen LogP contribution in [0.3, 0.4) is 0 Å². The first-order valence-electron chi connectivity index (χ1n) is 8.82. The molecule has 1 aromatic heterocycles. The van der Waals surface area contributed by atoms with E-state index in [-0.39, 0.29) is 18.1 Å². The van der Waals surface area contributed by atoms with Gasteiger partial charge in [0.25, 0.3) is 0 Å². The van der Waals surface area contributed by atoms with Gasteiger partial charge in [-0.3, -0.25) is 14.5 Å². The first-order valence-corrected chi connectivity index (χ1v) is 8.82. The summed E-state index contributed by atoms with van der Waals surface area (Å²) >= 11 is 0. The van der Waals surface area contributed by atoms with Crippen LogP contribution in [0.5, 0.6) is 11.5 Å². The fraction of sp³-hybridized carbons (Fsp3) is 0.429. The van der Waals surface area contributed by atoms with Crippen molar-refractivity contribution in [1.82, 2.24) is 9.88 Å². The molecule has 0 spiro atoms. The number of aromatic nitrogens is 1. The lowest BCUT2D eigenvalue weighted by Crippen LogP contribution is -2.26. The van der Waals surface area contributed by atoms with Crippen LogP contribution in [0.15, 0.2) is 12.1 Å². The number of carbonyl (C=O) groups is 2. The molecule has 2 aromatic rings. The number of hydrogen-bond donors (Lipinski definition) is 1. The van der Waals surface area contributed by atoms with Crippen molar-refractivity contribution < 1.29 is 19.1 Å². The summed E-state index contributed by atoms with van der Waals surface area (Å²) in [5, 5.41) is 0. The predicted octanol–water partition coefficient (Wildman–Crippen LogP) is 3.47. The summed E-state index contributed by atoms with van der Waals surface area (Å²) in [5.41, 5.74) is 4.71. The van der Waals surface area contributed by atoms with Gasteiger partial charge in [0, 0.05) is 17.8 Å². The molecule has 6 nitrogen and oxygen atoms in total. The fourth-order valence-electron chi connectivity index (χ4n) is 3.42. The summed E-state index contributed by atoms with van der Waals surface area (Å²) in [4.78, 5) is 29.5. The summed E-state index contributed by atoms with van der Waals surface area (Å²) in [6.07, 6.45) is 0. The number of carbonyl (C=O) groups excluding carboxylic acids is 2. The normalized spacial score (nSPS) is 11.0. The van der Waals surface area contributed by atoms with E-state index in [0.29, 0.717) is 29.3 Å². The molecule has 0 atom stereocenters. The lowest BCUT2D eigenvalue weighted by Gasteiger charge is -2.19. The molecule has 146 valence electrons. The third-order valence-corrected chi connectivity index (χ3v) is 4.76. The van der Waals surface area contributed by atoms with E-state index in [0.717, 1.165) is 22.4 Å². The van der Waals surface area contributed by atoms with Gasteiger partial charge in [0.1, 0.15) is 0 Å². The van der Waals surface area contributed by atoms with Gasteiger partial charge in [-0.1, -0.05) is 0 Å². The number of benzene rings is 1. The van der Waals surface area contributed by atoms with E-state index in [1.54, 1.807) is 14.2 Å². The van der Waals surface area contributed by atoms with E-state index in [4.69, 9.17) is 9.47 Å². The lowest BCUT2D eigenvalue weighted by atomic mass is 10.0. The molecular formula is C21H28N2O4. The Balaban J connectivity index is 2.17. The summed E-state index contributed by atoms with van der Waals surface area (Å²) < 4.78 is 10.7. The molecule has 0 aliphatic carbocycles. The summed E-state index contributed by atoms with van der Waals surface area (Å²) in [6, 6.07) is 3.87. The SMILES string of the molecule is COc1cc(C)c(CN(C)CC(=O)c2[nH]c(C)c(C(C)=O)c2C)cc1OC. The van der Waals surface area contributed by atoms with Crippen LogP contribution in [0, 0.1) is 20.8 Å². The zero-order valence-electron chi connectivity index (χ0n) is 17.1. The minimum atomic E-state index is -0.0382. The maximum absolute atomic E-state index is 12.7. The zero-order valence-corrected chi connectivity index (χ0v) is 17.1. The molecular weight excluding hydrogens is 344 g/mol. The lowest BCUT2D eigenvalue weighted by molar-refractivity contribution is 0.0937. The van der Waals surface area contributed by atoms with Crippen LogP contribution < -0.4 is 9.47 Å². The second-order valence-electron chi connectivity index (χ2n) is 6.91. The molecule has 0 amide bonds. The number of ether oxygens (including phenoxy) is 2. The number of nitrogens with one attached hydrogen (secondary N) is 1. The first kappa shape index (κ1) is 20.7. The molecule has 1 N–H and O–H groups in total. The average molecular weight is 372 g/mol. The molecule has 0 radical (unpaired) electrons. The van der Waals surface area contributed by atoms with Crippen LogP contribution in [0.1, 0.15) is 50.2 Å². The zero-order chi connectivity index (χ0) is 20.3. The number of H-pyrrole nitrogens is 1. The molecule has 0 bridgehead atoms. The molecule has 0 aliphatic heterocycles. The number of likely N-dealkylation sites (N-methyl/N-ethyl adjacent to an activating group) is 1. The summed E-state index contributed by atoms with van der Waals surface area (Å²) in [5.74, 6) is 1.28. The van der Waals surface area contributed by atoms with Gasteiger partial charge in [0.15, 0.2) is 23.1 Å². The first-order chi connectivity index (χ1) is 12.7. The van der Waals surface area contributed by atoms with Crippen molar-refractivity contribution in [3.05, 3.63) is 45.8 Å². The highest BCUT2D eigenvalue weighted by Crippen LogP contribution is 2.30. The largest absolute Gasteiger partial charge is 0.493 e. The Hall–Kier alpha value is -2.60. The Kier molecular flexibility index (Phi) is 6.44. The highest BCUT2D eigenvalue weighted by atomic mass is 16.5. The number of rotatable bonds is 8. The third-order valence-electron chi connectivity index (χ3n) is 4.76. The van der Waals surface area contributed by atoms with Crippen molar-refractivity contribution in [2.24, 2.45) is 0 Å². The highest BCUT2D eigenvalue weighted by molar-refractivity contribution is 6.03. The van der Waals surface area contributed by atoms with Crippen LogP contribution in [-0.2, 0) is 6.54 Å². The van der Waals surface area contributed by atoms with Crippen LogP contribution in [0.4, 0.5) is 0 Å². The quantitative estimate of drug-likeness (QED) is 0.719. The Morgan fingerprint density at radius 1 is 1.07 bits per heavy atom. The Bertz CT molecular complexity index is 868. The van der Waals surface area contributed by atoms with Crippen LogP contribution in [-0.4, -0.2) is 49.3 Å². The number of hydrogen-bond acceptors (Lipinski definition) is 5. The maximum Gasteiger partial charge on any atom is 0.193 e. The summed E-state index contributed by atoms with van der Waals surface area (Å²) in [7, 11) is 5.11. The Labute approximate surface area is 160 Å². The highest BCUT2D eigenvalue weighted by Gasteiger charge is 2.21. The van der Waals surface area contributed by atoms with Crippen molar-refractivity contribution in [3.63, 3.8) is 0 Å². The van der Waals surface area contributed by atoms with Gasteiger partial charge in [0.05, 0.1) is 26.5 Å². The molecule has 6 heteroatoms. The predicted molar refractivity (Wildman–Crippen MR) is 105 cm³/mol. The maximum atomic E-state index is 12.7. The topological polar surface area (TPSA) is 71.6 Å². The number of Topliss-reactive ketones (excluding diaryl/α,β-unsaturated/α-hetero) is 2. The van der Waals surface area contributed by atoms with Gasteiger partial charge in [-0.2, -0.15) is 0 Å². The number of aryl methyl sites for hydroxylation is 2. The molecule has 1 heterocycles. The number of aromatic amines is 1. The fourth-order valence-corrected chi connectivity index (χ4v) is 3.42. The van der Waals surface area contributed by atoms with E-state index in [1.165, 1.54) is 6.92 Å². The molecule has 0 saturated carbocycles. The minimum absolute atomic E-state index is 0.0328. The van der Waals surface area contributed by atoms with Gasteiger partial charge >= 0.3 is 0 Å².